The number of para-hydroxylation sites is 1. The molecule has 1 fully saturated rings. The van der Waals surface area contributed by atoms with Gasteiger partial charge in [0.2, 0.25) is 0 Å². The molecule has 0 spiro atoms. The third-order valence-corrected chi connectivity index (χ3v) is 7.24. The normalized spacial score (nSPS) is 18.7. The molecule has 2 atom stereocenters. The summed E-state index contributed by atoms with van der Waals surface area (Å²) in [4.78, 5) is 41.1. The van der Waals surface area contributed by atoms with E-state index in [1.165, 1.54) is 0 Å². The molecule has 2 aliphatic rings. The average molecular weight is 510 g/mol. The quantitative estimate of drug-likeness (QED) is 0.400. The molecule has 2 aliphatic heterocycles. The Bertz CT molecular complexity index is 1470. The molecule has 2 unspecified atom stereocenters. The molecule has 0 saturated carbocycles. The van der Waals surface area contributed by atoms with Crippen molar-refractivity contribution in [2.45, 2.75) is 25.8 Å². The van der Waals surface area contributed by atoms with Crippen LogP contribution in [0.15, 0.2) is 89.4 Å². The summed E-state index contributed by atoms with van der Waals surface area (Å²) in [5.41, 5.74) is 3.56. The fourth-order valence-electron chi connectivity index (χ4n) is 5.35. The molecule has 1 N–H and O–H groups in total. The van der Waals surface area contributed by atoms with Gasteiger partial charge in [-0.05, 0) is 49.6 Å². The van der Waals surface area contributed by atoms with E-state index in [2.05, 4.69) is 5.32 Å². The molecule has 5 rings (SSSR count). The summed E-state index contributed by atoms with van der Waals surface area (Å²) in [5, 5.41) is 2.85. The monoisotopic (exact) mass is 509 g/mol. The van der Waals surface area contributed by atoms with Crippen molar-refractivity contribution in [3.05, 3.63) is 117 Å². The van der Waals surface area contributed by atoms with Crippen LogP contribution in [0.25, 0.3) is 6.08 Å². The van der Waals surface area contributed by atoms with E-state index in [4.69, 9.17) is 4.74 Å². The van der Waals surface area contributed by atoms with Gasteiger partial charge >= 0.3 is 0 Å². The highest BCUT2D eigenvalue weighted by Crippen LogP contribution is 2.35. The van der Waals surface area contributed by atoms with E-state index in [-0.39, 0.29) is 34.9 Å². The number of ether oxygens (including phenoxy) is 1. The number of pyridine rings is 1. The molecule has 1 aromatic heterocycles. The molecule has 0 radical (unpaired) electrons. The zero-order valence-corrected chi connectivity index (χ0v) is 21.6. The Kier molecular flexibility index (Phi) is 7.26. The summed E-state index contributed by atoms with van der Waals surface area (Å²) in [6, 6.07) is 20.2. The van der Waals surface area contributed by atoms with Crippen LogP contribution in [0.4, 0.5) is 0 Å². The lowest BCUT2D eigenvalue weighted by Gasteiger charge is -2.42. The number of likely N-dealkylation sites (tertiary alicyclic amines) is 1. The Morgan fingerprint density at radius 3 is 2.55 bits per heavy atom. The van der Waals surface area contributed by atoms with Crippen molar-refractivity contribution >= 4 is 17.9 Å². The van der Waals surface area contributed by atoms with Crippen LogP contribution < -0.4 is 15.6 Å². The van der Waals surface area contributed by atoms with Gasteiger partial charge in [0.1, 0.15) is 11.4 Å². The van der Waals surface area contributed by atoms with Gasteiger partial charge in [-0.3, -0.25) is 14.4 Å². The van der Waals surface area contributed by atoms with Crippen molar-refractivity contribution in [1.29, 1.82) is 0 Å². The molecule has 2 aromatic carbocycles. The molecule has 38 heavy (non-hydrogen) atoms. The van der Waals surface area contributed by atoms with Gasteiger partial charge in [-0.25, -0.2) is 0 Å². The lowest BCUT2D eigenvalue weighted by Crippen LogP contribution is -2.50. The molecule has 7 heteroatoms. The highest BCUT2D eigenvalue weighted by Gasteiger charge is 2.37. The zero-order valence-electron chi connectivity index (χ0n) is 21.6. The third kappa shape index (κ3) is 5.32. The topological polar surface area (TPSA) is 80.6 Å². The van der Waals surface area contributed by atoms with Gasteiger partial charge in [0.25, 0.3) is 17.4 Å². The predicted octanol–water partition coefficient (Wildman–Crippen LogP) is 4.14. The van der Waals surface area contributed by atoms with Crippen molar-refractivity contribution in [1.82, 2.24) is 14.8 Å². The number of hydrogen-bond acceptors (Lipinski definition) is 4. The summed E-state index contributed by atoms with van der Waals surface area (Å²) >= 11 is 0. The van der Waals surface area contributed by atoms with Crippen LogP contribution in [0, 0.1) is 12.8 Å². The number of amides is 2. The second-order valence-corrected chi connectivity index (χ2v) is 9.91. The number of aryl methyl sites for hydroxylation is 1. The molecular formula is C31H31N3O4. The first-order valence-corrected chi connectivity index (χ1v) is 12.8. The summed E-state index contributed by atoms with van der Waals surface area (Å²) < 4.78 is 7.26. The summed E-state index contributed by atoms with van der Waals surface area (Å²) in [6.45, 7) is 3.58. The second-order valence-electron chi connectivity index (χ2n) is 9.91. The van der Waals surface area contributed by atoms with Crippen molar-refractivity contribution in [2.24, 2.45) is 5.92 Å². The van der Waals surface area contributed by atoms with Crippen molar-refractivity contribution in [2.75, 3.05) is 20.2 Å². The van der Waals surface area contributed by atoms with Crippen molar-refractivity contribution in [3.63, 3.8) is 0 Å². The minimum atomic E-state index is -0.343. The molecule has 7 nitrogen and oxygen atoms in total. The third-order valence-electron chi connectivity index (χ3n) is 7.24. The van der Waals surface area contributed by atoms with Gasteiger partial charge < -0.3 is 19.5 Å². The maximum atomic E-state index is 13.8. The van der Waals surface area contributed by atoms with Crippen LogP contribution in [0.5, 0.6) is 5.75 Å². The Morgan fingerprint density at radius 2 is 1.76 bits per heavy atom. The number of carbonyl (C=O) groups is 2. The lowest BCUT2D eigenvalue weighted by molar-refractivity contribution is -0.130. The van der Waals surface area contributed by atoms with Gasteiger partial charge in [0.05, 0.1) is 7.11 Å². The highest BCUT2D eigenvalue weighted by atomic mass is 16.5. The summed E-state index contributed by atoms with van der Waals surface area (Å²) in [5.74, 6) is 0.398. The molecule has 2 amide bonds. The maximum absolute atomic E-state index is 13.8. The van der Waals surface area contributed by atoms with Crippen LogP contribution >= 0.6 is 0 Å². The van der Waals surface area contributed by atoms with Crippen LogP contribution in [-0.4, -0.2) is 41.5 Å². The molecule has 194 valence electrons. The molecule has 3 aromatic rings. The SMILES string of the molecule is COc1ccccc1/C=C/C=C(\NC(=O)c1ccc(C)cc1)C(=O)N1CC2CC(C1)c1cccc(=O)n1C2. The number of benzene rings is 2. The smallest absolute Gasteiger partial charge is 0.270 e. The van der Waals surface area contributed by atoms with E-state index in [9.17, 15) is 14.4 Å². The first-order chi connectivity index (χ1) is 18.4. The van der Waals surface area contributed by atoms with E-state index < -0.39 is 0 Å². The molecule has 2 bridgehead atoms. The van der Waals surface area contributed by atoms with Gasteiger partial charge in [-0.1, -0.05) is 54.1 Å². The Labute approximate surface area is 222 Å². The van der Waals surface area contributed by atoms with E-state index in [1.807, 2.05) is 60.0 Å². The number of nitrogens with one attached hydrogen (secondary N) is 1. The Balaban J connectivity index is 1.42. The largest absolute Gasteiger partial charge is 0.496 e. The zero-order chi connectivity index (χ0) is 26.6. The maximum Gasteiger partial charge on any atom is 0.270 e. The van der Waals surface area contributed by atoms with Gasteiger partial charge in [-0.15, -0.1) is 0 Å². The lowest BCUT2D eigenvalue weighted by atomic mass is 9.83. The minimum Gasteiger partial charge on any atom is -0.496 e. The van der Waals surface area contributed by atoms with E-state index in [1.54, 1.807) is 48.4 Å². The number of carbonyl (C=O) groups excluding carboxylic acids is 2. The number of aromatic nitrogens is 1. The second kappa shape index (κ2) is 10.9. The Hall–Kier alpha value is -4.39. The van der Waals surface area contributed by atoms with E-state index >= 15 is 0 Å². The fraction of sp³-hybridized carbons (Fsp3) is 0.258. The summed E-state index contributed by atoms with van der Waals surface area (Å²) in [6.07, 6.45) is 6.18. The summed E-state index contributed by atoms with van der Waals surface area (Å²) in [7, 11) is 1.61. The average Bonchev–Trinajstić information content (AvgIpc) is 2.93. The molecule has 3 heterocycles. The molecule has 0 aliphatic carbocycles. The number of rotatable bonds is 6. The minimum absolute atomic E-state index is 0.00407. The number of nitrogens with zero attached hydrogens (tertiary/aromatic N) is 2. The van der Waals surface area contributed by atoms with Crippen LogP contribution in [-0.2, 0) is 11.3 Å². The van der Waals surface area contributed by atoms with Crippen molar-refractivity contribution < 1.29 is 14.3 Å². The van der Waals surface area contributed by atoms with Crippen LogP contribution in [0.3, 0.4) is 0 Å². The van der Waals surface area contributed by atoms with Gasteiger partial charge in [0, 0.05) is 48.4 Å². The van der Waals surface area contributed by atoms with Gasteiger partial charge in [0.15, 0.2) is 0 Å². The van der Waals surface area contributed by atoms with Gasteiger partial charge in [-0.2, -0.15) is 0 Å². The standard InChI is InChI=1S/C31H31N3O4/c1-21-13-15-24(16-14-21)30(36)32-26(9-5-8-23-7-3-4-11-28(23)38-2)31(37)33-18-22-17-25(20-33)27-10-6-12-29(35)34(27)19-22/h3-16,22,25H,17-20H2,1-2H3,(H,32,36)/b8-5+,26-9-. The number of hydrogen-bond donors (Lipinski definition) is 1. The molecular weight excluding hydrogens is 478 g/mol. The number of methoxy groups -OCH3 is 1. The van der Waals surface area contributed by atoms with Crippen LogP contribution in [0.2, 0.25) is 0 Å². The first-order valence-electron chi connectivity index (χ1n) is 12.8. The first kappa shape index (κ1) is 25.3. The van der Waals surface area contributed by atoms with Crippen molar-refractivity contribution in [3.8, 4) is 5.75 Å². The van der Waals surface area contributed by atoms with E-state index in [0.717, 1.165) is 23.2 Å². The number of fused-ring (bicyclic) bond motifs is 4. The van der Waals surface area contributed by atoms with Crippen LogP contribution in [0.1, 0.15) is 39.5 Å². The highest BCUT2D eigenvalue weighted by molar-refractivity contribution is 6.03. The predicted molar refractivity (Wildman–Crippen MR) is 147 cm³/mol. The number of allylic oxidation sites excluding steroid dienone is 2. The Morgan fingerprint density at radius 1 is 0.974 bits per heavy atom. The molecule has 1 saturated heterocycles. The number of piperidine rings is 1. The fourth-order valence-corrected chi connectivity index (χ4v) is 5.35. The van der Waals surface area contributed by atoms with E-state index in [0.29, 0.717) is 30.9 Å².